The molecule has 1 aliphatic heterocycles. The van der Waals surface area contributed by atoms with E-state index in [4.69, 9.17) is 4.74 Å². The van der Waals surface area contributed by atoms with Crippen molar-refractivity contribution in [2.24, 2.45) is 5.92 Å². The smallest absolute Gasteiger partial charge is 0.315 e. The van der Waals surface area contributed by atoms with Crippen LogP contribution < -0.4 is 10.6 Å². The molecule has 8 heteroatoms. The molecular weight excluding hydrogens is 320 g/mol. The van der Waals surface area contributed by atoms with Crippen LogP contribution in [0.15, 0.2) is 24.4 Å². The highest BCUT2D eigenvalue weighted by atomic mass is 16.5. The molecule has 8 nitrogen and oxygen atoms in total. The molecule has 0 radical (unpaired) electrons. The van der Waals surface area contributed by atoms with E-state index in [9.17, 15) is 4.79 Å². The van der Waals surface area contributed by atoms with E-state index in [-0.39, 0.29) is 6.03 Å². The molecule has 2 amide bonds. The van der Waals surface area contributed by atoms with Crippen molar-refractivity contribution in [3.05, 3.63) is 30.2 Å². The first kappa shape index (κ1) is 17.6. The highest BCUT2D eigenvalue weighted by Crippen LogP contribution is 2.12. The number of ether oxygens (including phenoxy) is 1. The molecule has 1 atom stereocenters. The van der Waals surface area contributed by atoms with Gasteiger partial charge in [0.2, 0.25) is 0 Å². The van der Waals surface area contributed by atoms with Crippen LogP contribution in [-0.4, -0.2) is 64.4 Å². The Morgan fingerprint density at radius 2 is 2.04 bits per heavy atom. The van der Waals surface area contributed by atoms with Crippen molar-refractivity contribution < 1.29 is 9.53 Å². The summed E-state index contributed by atoms with van der Waals surface area (Å²) in [4.78, 5) is 14.6. The lowest BCUT2D eigenvalue weighted by molar-refractivity contribution is 0.00719. The number of hydrogen-bond donors (Lipinski definition) is 2. The van der Waals surface area contributed by atoms with Crippen LogP contribution in [0.3, 0.4) is 0 Å². The number of morpholine rings is 1. The predicted molar refractivity (Wildman–Crippen MR) is 94.2 cm³/mol. The van der Waals surface area contributed by atoms with Crippen LogP contribution in [0.2, 0.25) is 0 Å². The fourth-order valence-electron chi connectivity index (χ4n) is 3.13. The van der Waals surface area contributed by atoms with Crippen LogP contribution >= 0.6 is 0 Å². The van der Waals surface area contributed by atoms with Crippen LogP contribution in [0.25, 0.3) is 5.65 Å². The largest absolute Gasteiger partial charge is 0.379 e. The second-order valence-corrected chi connectivity index (χ2v) is 6.57. The van der Waals surface area contributed by atoms with Crippen LogP contribution in [0.1, 0.15) is 19.7 Å². The zero-order valence-electron chi connectivity index (χ0n) is 14.8. The van der Waals surface area contributed by atoms with Gasteiger partial charge in [-0.15, -0.1) is 10.2 Å². The summed E-state index contributed by atoms with van der Waals surface area (Å²) in [6.45, 7) is 8.66. The monoisotopic (exact) mass is 346 g/mol. The lowest BCUT2D eigenvalue weighted by atomic mass is 10.0. The van der Waals surface area contributed by atoms with Gasteiger partial charge >= 0.3 is 6.03 Å². The van der Waals surface area contributed by atoms with Gasteiger partial charge in [-0.25, -0.2) is 4.79 Å². The minimum absolute atomic E-state index is 0.188. The number of rotatable bonds is 6. The average Bonchev–Trinajstić information content (AvgIpc) is 3.04. The summed E-state index contributed by atoms with van der Waals surface area (Å²) in [7, 11) is 0. The molecule has 136 valence electrons. The van der Waals surface area contributed by atoms with Gasteiger partial charge in [0, 0.05) is 31.9 Å². The molecule has 2 N–H and O–H groups in total. The molecule has 25 heavy (non-hydrogen) atoms. The maximum Gasteiger partial charge on any atom is 0.315 e. The van der Waals surface area contributed by atoms with Gasteiger partial charge in [-0.2, -0.15) is 0 Å². The van der Waals surface area contributed by atoms with E-state index in [1.54, 1.807) is 0 Å². The van der Waals surface area contributed by atoms with Crippen LogP contribution in [-0.2, 0) is 11.3 Å². The zero-order valence-corrected chi connectivity index (χ0v) is 14.8. The van der Waals surface area contributed by atoms with E-state index in [1.807, 2.05) is 28.8 Å². The third-order valence-electron chi connectivity index (χ3n) is 4.55. The first-order chi connectivity index (χ1) is 12.1. The van der Waals surface area contributed by atoms with Gasteiger partial charge in [-0.05, 0) is 18.1 Å². The summed E-state index contributed by atoms with van der Waals surface area (Å²) >= 11 is 0. The number of urea groups is 1. The van der Waals surface area contributed by atoms with Gasteiger partial charge in [0.05, 0.1) is 19.8 Å². The standard InChI is InChI=1S/C17H26N6O2/c1-13(2)14(22-7-9-25-10-8-22)11-18-17(24)19-12-16-21-20-15-5-3-4-6-23(15)16/h3-6,13-14H,7-12H2,1-2H3,(H2,18,19,24). The van der Waals surface area contributed by atoms with Crippen molar-refractivity contribution in [3.8, 4) is 0 Å². The maximum atomic E-state index is 12.2. The van der Waals surface area contributed by atoms with E-state index in [2.05, 4.69) is 39.6 Å². The molecule has 3 heterocycles. The molecule has 1 saturated heterocycles. The minimum atomic E-state index is -0.188. The number of hydrogen-bond acceptors (Lipinski definition) is 5. The molecule has 0 spiro atoms. The first-order valence-electron chi connectivity index (χ1n) is 8.77. The molecule has 0 saturated carbocycles. The Morgan fingerprint density at radius 1 is 1.24 bits per heavy atom. The van der Waals surface area contributed by atoms with E-state index in [0.717, 1.165) is 32.0 Å². The number of carbonyl (C=O) groups is 1. The fraction of sp³-hybridized carbons (Fsp3) is 0.588. The first-order valence-corrected chi connectivity index (χ1v) is 8.77. The van der Waals surface area contributed by atoms with Gasteiger partial charge < -0.3 is 15.4 Å². The number of nitrogens with one attached hydrogen (secondary N) is 2. The number of nitrogens with zero attached hydrogens (tertiary/aromatic N) is 4. The summed E-state index contributed by atoms with van der Waals surface area (Å²) in [6, 6.07) is 5.82. The second kappa shape index (κ2) is 8.26. The Kier molecular flexibility index (Phi) is 5.83. The van der Waals surface area contributed by atoms with Crippen LogP contribution in [0.4, 0.5) is 4.79 Å². The number of pyridine rings is 1. The van der Waals surface area contributed by atoms with Crippen molar-refractivity contribution in [2.45, 2.75) is 26.4 Å². The third kappa shape index (κ3) is 4.46. The highest BCUT2D eigenvalue weighted by Gasteiger charge is 2.24. The van der Waals surface area contributed by atoms with Gasteiger partial charge in [0.15, 0.2) is 11.5 Å². The summed E-state index contributed by atoms with van der Waals surface area (Å²) in [5.41, 5.74) is 0.770. The maximum absolute atomic E-state index is 12.2. The summed E-state index contributed by atoms with van der Waals surface area (Å²) in [6.07, 6.45) is 1.89. The van der Waals surface area contributed by atoms with Gasteiger partial charge in [0.25, 0.3) is 0 Å². The Balaban J connectivity index is 1.49. The summed E-state index contributed by atoms with van der Waals surface area (Å²) in [5, 5.41) is 14.0. The number of carbonyl (C=O) groups excluding carboxylic acids is 1. The molecule has 1 unspecified atom stereocenters. The molecule has 0 aromatic carbocycles. The van der Waals surface area contributed by atoms with Crippen molar-refractivity contribution in [1.82, 2.24) is 30.1 Å². The molecule has 1 fully saturated rings. The molecule has 0 aliphatic carbocycles. The second-order valence-electron chi connectivity index (χ2n) is 6.57. The Hall–Kier alpha value is -2.19. The van der Waals surface area contributed by atoms with Gasteiger partial charge in [-0.1, -0.05) is 19.9 Å². The lowest BCUT2D eigenvalue weighted by Gasteiger charge is -2.36. The number of fused-ring (bicyclic) bond motifs is 1. The minimum Gasteiger partial charge on any atom is -0.379 e. The quantitative estimate of drug-likeness (QED) is 0.811. The zero-order chi connectivity index (χ0) is 17.6. The summed E-state index contributed by atoms with van der Waals surface area (Å²) in [5.74, 6) is 1.16. The van der Waals surface area contributed by atoms with Gasteiger partial charge in [-0.3, -0.25) is 9.30 Å². The molecule has 1 aliphatic rings. The third-order valence-corrected chi connectivity index (χ3v) is 4.55. The van der Waals surface area contributed by atoms with Crippen molar-refractivity contribution in [3.63, 3.8) is 0 Å². The fourth-order valence-corrected chi connectivity index (χ4v) is 3.13. The molecule has 0 bridgehead atoms. The SMILES string of the molecule is CC(C)C(CNC(=O)NCc1nnc2ccccn12)N1CCOCC1. The van der Waals surface area contributed by atoms with Crippen molar-refractivity contribution in [1.29, 1.82) is 0 Å². The Morgan fingerprint density at radius 3 is 2.80 bits per heavy atom. The number of aromatic nitrogens is 3. The van der Waals surface area contributed by atoms with E-state index in [0.29, 0.717) is 30.9 Å². The predicted octanol–water partition coefficient (Wildman–Crippen LogP) is 0.885. The Bertz CT molecular complexity index is 695. The lowest BCUT2D eigenvalue weighted by Crippen LogP contribution is -2.52. The van der Waals surface area contributed by atoms with Crippen LogP contribution in [0.5, 0.6) is 0 Å². The normalized spacial score (nSPS) is 16.9. The van der Waals surface area contributed by atoms with Gasteiger partial charge in [0.1, 0.15) is 0 Å². The van der Waals surface area contributed by atoms with Crippen LogP contribution in [0, 0.1) is 5.92 Å². The topological polar surface area (TPSA) is 83.8 Å². The van der Waals surface area contributed by atoms with E-state index >= 15 is 0 Å². The average molecular weight is 346 g/mol. The van der Waals surface area contributed by atoms with E-state index < -0.39 is 0 Å². The molecule has 2 aromatic heterocycles. The Labute approximate surface area is 147 Å². The molecule has 3 rings (SSSR count). The van der Waals surface area contributed by atoms with Crippen molar-refractivity contribution >= 4 is 11.7 Å². The molecular formula is C17H26N6O2. The summed E-state index contributed by atoms with van der Waals surface area (Å²) < 4.78 is 7.28. The molecule has 2 aromatic rings. The highest BCUT2D eigenvalue weighted by molar-refractivity contribution is 5.73. The number of amides is 2. The van der Waals surface area contributed by atoms with Crippen molar-refractivity contribution in [2.75, 3.05) is 32.8 Å². The van der Waals surface area contributed by atoms with E-state index in [1.165, 1.54) is 0 Å².